The summed E-state index contributed by atoms with van der Waals surface area (Å²) in [6, 6.07) is 61.1. The van der Waals surface area contributed by atoms with Crippen molar-refractivity contribution in [3.8, 4) is 109 Å². The molecule has 12 rings (SSSR count). The smallest absolute Gasteiger partial charge is 0.336 e. The van der Waals surface area contributed by atoms with E-state index in [1.54, 1.807) is 146 Å². The van der Waals surface area contributed by atoms with Crippen molar-refractivity contribution >= 4 is 105 Å². The van der Waals surface area contributed by atoms with Crippen LogP contribution in [0, 0.1) is 74.1 Å². The van der Waals surface area contributed by atoms with E-state index >= 15 is 0 Å². The van der Waals surface area contributed by atoms with Crippen molar-refractivity contribution in [2.24, 2.45) is 0 Å². The molecule has 12 N–H and O–H groups in total. The van der Waals surface area contributed by atoms with Crippen molar-refractivity contribution in [1.29, 1.82) is 0 Å². The molecule has 0 aliphatic rings. The molecule has 27 nitrogen and oxygen atoms in total. The molecule has 6 amide bonds. The third kappa shape index (κ3) is 22.7. The van der Waals surface area contributed by atoms with Crippen LogP contribution in [-0.4, -0.2) is 102 Å². The highest BCUT2D eigenvalue weighted by atomic mass is 16.5. The molecule has 600 valence electrons. The van der Waals surface area contributed by atoms with Crippen LogP contribution in [-0.2, 0) is 0 Å². The molecular weight excluding hydrogens is 1570 g/mol. The summed E-state index contributed by atoms with van der Waals surface area (Å²) in [6.45, 7) is 0. The first-order chi connectivity index (χ1) is 59.0. The second-order valence-corrected chi connectivity index (χ2v) is 25.4. The number of amides is 6. The molecule has 0 atom stereocenters. The topological polar surface area (TPSA) is 426 Å². The van der Waals surface area contributed by atoms with Gasteiger partial charge in [-0.3, -0.25) is 28.8 Å². The number of carbonyl (C=O) groups is 12. The molecule has 0 aliphatic carbocycles. The first-order valence-electron chi connectivity index (χ1n) is 35.6. The van der Waals surface area contributed by atoms with Gasteiger partial charge in [0, 0.05) is 67.5 Å². The van der Waals surface area contributed by atoms with Crippen LogP contribution in [0.4, 0.5) is 34.1 Å². The highest BCUT2D eigenvalue weighted by Crippen LogP contribution is 2.33. The molecule has 0 saturated heterocycles. The van der Waals surface area contributed by atoms with E-state index in [4.69, 9.17) is 52.8 Å². The lowest BCUT2D eigenvalue weighted by Gasteiger charge is -2.13. The van der Waals surface area contributed by atoms with Gasteiger partial charge in [0.15, 0.2) is 0 Å². The maximum absolute atomic E-state index is 13.0. The standard InChI is InChI=1S/3C32H20N2O7/c1-3-19-5-9-21(10-6-19)33-29(35)25-15-13-24(18-28(25)32(39)40)41-23-14-16-26(31(37)38)27(17-23)30(36)34-22-11-7-20(4-2)8-12-22;1-3-19-5-9-21(10-6-19)33-29(35)27-17-23(13-15-25(27)31(37)38)41-24-14-16-26(32(39)40)28(18-24)30(36)34-22-11-7-20(4-2)8-12-22;1-3-19-5-9-21(10-6-19)33-29(35)25-15-13-23(17-27(25)31(37)38)41-24-14-16-26(28(18-24)32(39)40)30(36)34-22-11-7-20(4-2)8-12-22/h3*1-2,5-18H,(H,33,35)(H,34,36)(H,37,38)(H,39,40). The molecule has 0 bridgehead atoms. The summed E-state index contributed by atoms with van der Waals surface area (Å²) in [5.74, 6) is 2.80. The second-order valence-electron chi connectivity index (χ2n) is 25.4. The van der Waals surface area contributed by atoms with E-state index in [0.29, 0.717) is 67.5 Å². The van der Waals surface area contributed by atoms with Crippen LogP contribution in [0.15, 0.2) is 255 Å². The second kappa shape index (κ2) is 39.9. The number of anilines is 6. The van der Waals surface area contributed by atoms with Crippen LogP contribution in [0.3, 0.4) is 0 Å². The van der Waals surface area contributed by atoms with Gasteiger partial charge in [0.05, 0.1) is 66.8 Å². The quantitative estimate of drug-likeness (QED) is 0.0250. The van der Waals surface area contributed by atoms with Crippen LogP contribution in [0.1, 0.15) is 158 Å². The highest BCUT2D eigenvalue weighted by molar-refractivity contribution is 6.15. The van der Waals surface area contributed by atoms with Gasteiger partial charge in [-0.05, 0) is 255 Å². The van der Waals surface area contributed by atoms with Crippen molar-refractivity contribution in [2.45, 2.75) is 0 Å². The molecule has 12 aromatic carbocycles. The minimum absolute atomic E-state index is 0.0273. The normalized spacial score (nSPS) is 10.0. The molecule has 123 heavy (non-hydrogen) atoms. The molecule has 0 fully saturated rings. The molecule has 12 aromatic rings. The van der Waals surface area contributed by atoms with Gasteiger partial charge in [-0.1, -0.05) is 35.5 Å². The number of rotatable bonds is 24. The van der Waals surface area contributed by atoms with Crippen molar-refractivity contribution < 1.29 is 102 Å². The van der Waals surface area contributed by atoms with Gasteiger partial charge in [-0.15, -0.1) is 38.5 Å². The van der Waals surface area contributed by atoms with E-state index in [-0.39, 0.29) is 101 Å². The Hall–Kier alpha value is -19.0. The van der Waals surface area contributed by atoms with Crippen LogP contribution in [0.5, 0.6) is 34.5 Å². The van der Waals surface area contributed by atoms with Gasteiger partial charge < -0.3 is 76.8 Å². The molecule has 0 heterocycles. The van der Waals surface area contributed by atoms with Gasteiger partial charge in [-0.25, -0.2) is 28.8 Å². The maximum Gasteiger partial charge on any atom is 0.336 e. The minimum atomic E-state index is -1.38. The van der Waals surface area contributed by atoms with Crippen LogP contribution < -0.4 is 46.1 Å². The van der Waals surface area contributed by atoms with Gasteiger partial charge in [0.25, 0.3) is 35.4 Å². The molecule has 0 saturated carbocycles. The number of carbonyl (C=O) groups excluding carboxylic acids is 6. The predicted octanol–water partition coefficient (Wildman–Crippen LogP) is 16.0. The summed E-state index contributed by atoms with van der Waals surface area (Å²) in [5.41, 5.74) is 3.32. The number of nitrogens with one attached hydrogen (secondary N) is 6. The Kier molecular flexibility index (Phi) is 28.0. The lowest BCUT2D eigenvalue weighted by molar-refractivity contribution is 0.0683. The fourth-order valence-electron chi connectivity index (χ4n) is 11.3. The Morgan fingerprint density at radius 1 is 0.187 bits per heavy atom. The Morgan fingerprint density at radius 3 is 0.472 bits per heavy atom. The third-order valence-electron chi connectivity index (χ3n) is 17.4. The number of benzene rings is 12. The highest BCUT2D eigenvalue weighted by Gasteiger charge is 2.26. The van der Waals surface area contributed by atoms with E-state index in [1.165, 1.54) is 91.0 Å². The monoisotopic (exact) mass is 1630 g/mol. The van der Waals surface area contributed by atoms with E-state index in [9.17, 15) is 88.2 Å². The zero-order valence-corrected chi connectivity index (χ0v) is 63.5. The van der Waals surface area contributed by atoms with Gasteiger partial charge in [0.1, 0.15) is 34.5 Å². The number of ether oxygens (including phenoxy) is 3. The van der Waals surface area contributed by atoms with E-state index < -0.39 is 71.3 Å². The fourth-order valence-corrected chi connectivity index (χ4v) is 11.3. The summed E-state index contributed by atoms with van der Waals surface area (Å²) >= 11 is 0. The Labute approximate surface area is 699 Å². The molecule has 27 heteroatoms. The van der Waals surface area contributed by atoms with E-state index in [1.807, 2.05) is 0 Å². The van der Waals surface area contributed by atoms with Crippen LogP contribution in [0.2, 0.25) is 0 Å². The Morgan fingerprint density at radius 2 is 0.325 bits per heavy atom. The lowest BCUT2D eigenvalue weighted by atomic mass is 10.1. The van der Waals surface area contributed by atoms with Crippen molar-refractivity contribution in [3.63, 3.8) is 0 Å². The van der Waals surface area contributed by atoms with Gasteiger partial charge >= 0.3 is 35.8 Å². The number of hydrogen-bond acceptors (Lipinski definition) is 15. The van der Waals surface area contributed by atoms with Crippen molar-refractivity contribution in [3.05, 3.63) is 355 Å². The average Bonchev–Trinajstić information content (AvgIpc) is 0.808. The SMILES string of the molecule is C#Cc1ccc(NC(=O)c2cc(Oc3ccc(C(=O)O)c(C(=O)Nc4ccc(C#C)cc4)c3)ccc2C(=O)O)cc1.C#Cc1ccc(NC(=O)c2ccc(Oc3ccc(C(=O)Nc4ccc(C#C)cc4)c(C(=O)O)c3)cc2C(=O)O)cc1.C#Cc1ccc(NC(=O)c2ccc(Oc3ccc(C(=O)O)c(C(=O)Nc4ccc(C#C)cc4)c3)cc2C(=O)O)cc1. The summed E-state index contributed by atoms with van der Waals surface area (Å²) in [5, 5.41) is 73.6. The van der Waals surface area contributed by atoms with Crippen molar-refractivity contribution in [2.75, 3.05) is 31.9 Å². The summed E-state index contributed by atoms with van der Waals surface area (Å²) in [4.78, 5) is 148. The number of terminal acetylenes is 6. The number of carboxylic acids is 6. The molecular formula is C96H60N6O21. The third-order valence-corrected chi connectivity index (χ3v) is 17.4. The molecule has 0 radical (unpaired) electrons. The Balaban J connectivity index is 0.000000193. The zero-order valence-electron chi connectivity index (χ0n) is 63.5. The average molecular weight is 1630 g/mol. The van der Waals surface area contributed by atoms with Gasteiger partial charge in [-0.2, -0.15) is 0 Å². The first kappa shape index (κ1) is 86.4. The van der Waals surface area contributed by atoms with Crippen molar-refractivity contribution in [1.82, 2.24) is 0 Å². The summed E-state index contributed by atoms with van der Waals surface area (Å²) in [6.07, 6.45) is 32.0. The lowest BCUT2D eigenvalue weighted by Crippen LogP contribution is -2.17. The van der Waals surface area contributed by atoms with E-state index in [0.717, 1.165) is 18.2 Å². The molecule has 0 aromatic heterocycles. The van der Waals surface area contributed by atoms with E-state index in [2.05, 4.69) is 67.4 Å². The predicted molar refractivity (Wildman–Crippen MR) is 455 cm³/mol. The minimum Gasteiger partial charge on any atom is -0.478 e. The molecule has 0 unspecified atom stereocenters. The summed E-state index contributed by atoms with van der Waals surface area (Å²) < 4.78 is 17.2. The number of aromatic carboxylic acids is 6. The molecule has 0 aliphatic heterocycles. The largest absolute Gasteiger partial charge is 0.478 e. The first-order valence-corrected chi connectivity index (χ1v) is 35.6. The number of hydrogen-bond donors (Lipinski definition) is 12. The van der Waals surface area contributed by atoms with Crippen LogP contribution >= 0.6 is 0 Å². The fraction of sp³-hybridized carbons (Fsp3) is 0. The number of carboxylic acid groups (broad SMARTS) is 6. The zero-order chi connectivity index (χ0) is 88.6. The molecule has 0 spiro atoms. The summed E-state index contributed by atoms with van der Waals surface area (Å²) in [7, 11) is 0. The van der Waals surface area contributed by atoms with Crippen LogP contribution in [0.25, 0.3) is 0 Å². The van der Waals surface area contributed by atoms with Gasteiger partial charge in [0.2, 0.25) is 0 Å². The maximum atomic E-state index is 13.0. The Bertz CT molecular complexity index is 6270.